The predicted octanol–water partition coefficient (Wildman–Crippen LogP) is 2.51. The van der Waals surface area contributed by atoms with Gasteiger partial charge in [0.2, 0.25) is 0 Å². The van der Waals surface area contributed by atoms with Crippen molar-refractivity contribution in [3.8, 4) is 0 Å². The summed E-state index contributed by atoms with van der Waals surface area (Å²) in [5.74, 6) is -0.206. The van der Waals surface area contributed by atoms with E-state index in [9.17, 15) is 4.39 Å². The normalized spacial score (nSPS) is 12.2. The number of hydrogen-bond donors (Lipinski definition) is 1. The fourth-order valence-corrected chi connectivity index (χ4v) is 1.47. The van der Waals surface area contributed by atoms with Gasteiger partial charge in [-0.25, -0.2) is 4.39 Å². The lowest BCUT2D eigenvalue weighted by atomic mass is 10.0. The highest BCUT2D eigenvalue weighted by molar-refractivity contribution is 5.28. The first-order valence-electron chi connectivity index (χ1n) is 5.54. The fraction of sp³-hybridized carbons (Fsp3) is 0.538. The Labute approximate surface area is 97.3 Å². The van der Waals surface area contributed by atoms with Crippen LogP contribution in [0.2, 0.25) is 0 Å². The van der Waals surface area contributed by atoms with Crippen molar-refractivity contribution in [2.75, 3.05) is 7.05 Å². The molecule has 1 aromatic carbocycles. The summed E-state index contributed by atoms with van der Waals surface area (Å²) in [4.78, 5) is 2.18. The first kappa shape index (κ1) is 13.1. The third-order valence-corrected chi connectivity index (χ3v) is 2.97. The molecular weight excluding hydrogens is 203 g/mol. The standard InChI is InChI=1S/C13H21FN2/c1-13(2,3)16(4)9-10-6-5-7-12(14)11(10)8-15/h5-7H,8-9,15H2,1-4H3. The van der Waals surface area contributed by atoms with E-state index in [-0.39, 0.29) is 17.9 Å². The summed E-state index contributed by atoms with van der Waals surface area (Å²) >= 11 is 0. The molecular formula is C13H21FN2. The molecule has 0 atom stereocenters. The fourth-order valence-electron chi connectivity index (χ4n) is 1.47. The monoisotopic (exact) mass is 224 g/mol. The Kier molecular flexibility index (Phi) is 4.05. The van der Waals surface area contributed by atoms with Gasteiger partial charge in [-0.2, -0.15) is 0 Å². The van der Waals surface area contributed by atoms with Crippen LogP contribution in [0.3, 0.4) is 0 Å². The zero-order chi connectivity index (χ0) is 12.3. The van der Waals surface area contributed by atoms with E-state index in [1.807, 2.05) is 13.1 Å². The third kappa shape index (κ3) is 3.03. The molecule has 1 rings (SSSR count). The van der Waals surface area contributed by atoms with E-state index < -0.39 is 0 Å². The van der Waals surface area contributed by atoms with Crippen LogP contribution in [0.1, 0.15) is 31.9 Å². The summed E-state index contributed by atoms with van der Waals surface area (Å²) in [7, 11) is 2.03. The van der Waals surface area contributed by atoms with Crippen molar-refractivity contribution < 1.29 is 4.39 Å². The molecule has 2 nitrogen and oxygen atoms in total. The molecule has 2 N–H and O–H groups in total. The first-order chi connectivity index (χ1) is 7.36. The molecule has 0 amide bonds. The predicted molar refractivity (Wildman–Crippen MR) is 65.5 cm³/mol. The van der Waals surface area contributed by atoms with Crippen LogP contribution < -0.4 is 5.73 Å². The topological polar surface area (TPSA) is 29.3 Å². The van der Waals surface area contributed by atoms with Gasteiger partial charge in [-0.1, -0.05) is 12.1 Å². The molecule has 0 heterocycles. The van der Waals surface area contributed by atoms with Crippen molar-refractivity contribution in [2.45, 2.75) is 39.4 Å². The lowest BCUT2D eigenvalue weighted by Crippen LogP contribution is -2.37. The number of benzene rings is 1. The van der Waals surface area contributed by atoms with Gasteiger partial charge >= 0.3 is 0 Å². The first-order valence-corrected chi connectivity index (χ1v) is 5.54. The van der Waals surface area contributed by atoms with Crippen LogP contribution in [0.15, 0.2) is 18.2 Å². The Bertz CT molecular complexity index is 355. The van der Waals surface area contributed by atoms with E-state index in [4.69, 9.17) is 5.73 Å². The molecule has 90 valence electrons. The van der Waals surface area contributed by atoms with Gasteiger partial charge in [-0.05, 0) is 39.4 Å². The molecule has 0 spiro atoms. The summed E-state index contributed by atoms with van der Waals surface area (Å²) in [5, 5.41) is 0. The van der Waals surface area contributed by atoms with E-state index >= 15 is 0 Å². The van der Waals surface area contributed by atoms with Crippen molar-refractivity contribution in [1.29, 1.82) is 0 Å². The average Bonchev–Trinajstić information content (AvgIpc) is 2.16. The number of nitrogens with zero attached hydrogens (tertiary/aromatic N) is 1. The highest BCUT2D eigenvalue weighted by atomic mass is 19.1. The molecule has 0 aliphatic carbocycles. The van der Waals surface area contributed by atoms with Crippen LogP contribution in [0, 0.1) is 5.82 Å². The summed E-state index contributed by atoms with van der Waals surface area (Å²) in [5.41, 5.74) is 7.24. The number of rotatable bonds is 3. The minimum atomic E-state index is -0.206. The Hall–Kier alpha value is -0.930. The lowest BCUT2D eigenvalue weighted by Gasteiger charge is -2.32. The number of hydrogen-bond acceptors (Lipinski definition) is 2. The molecule has 1 aromatic rings. The summed E-state index contributed by atoms with van der Waals surface area (Å²) in [6.07, 6.45) is 0. The molecule has 3 heteroatoms. The van der Waals surface area contributed by atoms with Crippen molar-refractivity contribution in [3.63, 3.8) is 0 Å². The number of halogens is 1. The van der Waals surface area contributed by atoms with Gasteiger partial charge in [-0.3, -0.25) is 4.90 Å². The molecule has 0 unspecified atom stereocenters. The SMILES string of the molecule is CN(Cc1cccc(F)c1CN)C(C)(C)C. The van der Waals surface area contributed by atoms with Gasteiger partial charge in [0, 0.05) is 24.2 Å². The van der Waals surface area contributed by atoms with Crippen LogP contribution in [0.25, 0.3) is 0 Å². The molecule has 0 aliphatic heterocycles. The second kappa shape index (κ2) is 4.93. The molecule has 0 aromatic heterocycles. The Morgan fingerprint density at radius 2 is 1.94 bits per heavy atom. The van der Waals surface area contributed by atoms with Crippen LogP contribution in [-0.4, -0.2) is 17.5 Å². The highest BCUT2D eigenvalue weighted by Crippen LogP contribution is 2.19. The van der Waals surface area contributed by atoms with Crippen LogP contribution in [-0.2, 0) is 13.1 Å². The maximum absolute atomic E-state index is 13.5. The van der Waals surface area contributed by atoms with Gasteiger partial charge < -0.3 is 5.73 Å². The van der Waals surface area contributed by atoms with Gasteiger partial charge in [0.05, 0.1) is 0 Å². The van der Waals surface area contributed by atoms with Crippen molar-refractivity contribution in [1.82, 2.24) is 4.90 Å². The van der Waals surface area contributed by atoms with Crippen LogP contribution >= 0.6 is 0 Å². The van der Waals surface area contributed by atoms with E-state index in [0.29, 0.717) is 12.1 Å². The van der Waals surface area contributed by atoms with Gasteiger partial charge in [-0.15, -0.1) is 0 Å². The van der Waals surface area contributed by atoms with Crippen LogP contribution in [0.4, 0.5) is 4.39 Å². The highest BCUT2D eigenvalue weighted by Gasteiger charge is 2.18. The summed E-state index contributed by atoms with van der Waals surface area (Å²) in [6, 6.07) is 5.14. The largest absolute Gasteiger partial charge is 0.326 e. The van der Waals surface area contributed by atoms with E-state index in [1.54, 1.807) is 6.07 Å². The second-order valence-electron chi connectivity index (χ2n) is 5.11. The molecule has 0 fully saturated rings. The molecule has 0 radical (unpaired) electrons. The van der Waals surface area contributed by atoms with Crippen molar-refractivity contribution in [3.05, 3.63) is 35.1 Å². The summed E-state index contributed by atoms with van der Waals surface area (Å²) < 4.78 is 13.5. The van der Waals surface area contributed by atoms with Crippen molar-refractivity contribution >= 4 is 0 Å². The Balaban J connectivity index is 2.93. The Morgan fingerprint density at radius 1 is 1.31 bits per heavy atom. The zero-order valence-corrected chi connectivity index (χ0v) is 10.5. The minimum absolute atomic E-state index is 0.0676. The molecule has 16 heavy (non-hydrogen) atoms. The molecule has 0 bridgehead atoms. The van der Waals surface area contributed by atoms with Gasteiger partial charge in [0.25, 0.3) is 0 Å². The van der Waals surface area contributed by atoms with Crippen LogP contribution in [0.5, 0.6) is 0 Å². The average molecular weight is 224 g/mol. The van der Waals surface area contributed by atoms with E-state index in [1.165, 1.54) is 6.07 Å². The second-order valence-corrected chi connectivity index (χ2v) is 5.11. The van der Waals surface area contributed by atoms with Gasteiger partial charge in [0.15, 0.2) is 0 Å². The Morgan fingerprint density at radius 3 is 2.44 bits per heavy atom. The number of nitrogens with two attached hydrogens (primary N) is 1. The maximum atomic E-state index is 13.5. The maximum Gasteiger partial charge on any atom is 0.128 e. The van der Waals surface area contributed by atoms with Crippen molar-refractivity contribution in [2.24, 2.45) is 5.73 Å². The molecule has 0 saturated heterocycles. The summed E-state index contributed by atoms with van der Waals surface area (Å²) in [6.45, 7) is 7.37. The quantitative estimate of drug-likeness (QED) is 0.854. The molecule has 0 aliphatic rings. The smallest absolute Gasteiger partial charge is 0.128 e. The van der Waals surface area contributed by atoms with E-state index in [0.717, 1.165) is 5.56 Å². The van der Waals surface area contributed by atoms with E-state index in [2.05, 4.69) is 25.7 Å². The third-order valence-electron chi connectivity index (χ3n) is 2.97. The molecule has 0 saturated carbocycles. The lowest BCUT2D eigenvalue weighted by molar-refractivity contribution is 0.167. The van der Waals surface area contributed by atoms with Gasteiger partial charge in [0.1, 0.15) is 5.82 Å². The zero-order valence-electron chi connectivity index (χ0n) is 10.5. The minimum Gasteiger partial charge on any atom is -0.326 e.